The monoisotopic (exact) mass is 655 g/mol. The standard InChI is InChI=1S/C33H42ClN5O7/c1-18(2)27(37-30(42)28(36-19(3)40)20-7-5-4-6-8-20)31(43)39-17-22(16-25(39)29(41)38-33(12-13-33)32(44)45)46-26-11-14-35-24-15-21(34)9-10-23(24)26/h9-11,14-15,18,20,22,25,27-28H,4-8,12-13,16-17H2,1-3H3,(H,36,40)(H,37,42)(H,38,41)(H,44,45)/t22-,25?,27+,28+/m1/s1. The van der Waals surface area contributed by atoms with Crippen LogP contribution >= 0.6 is 11.6 Å². The van der Waals surface area contributed by atoms with Gasteiger partial charge in [-0.1, -0.05) is 44.7 Å². The zero-order chi connectivity index (χ0) is 33.2. The number of amides is 4. The number of carboxylic acid groups (broad SMARTS) is 1. The van der Waals surface area contributed by atoms with E-state index in [2.05, 4.69) is 20.9 Å². The van der Waals surface area contributed by atoms with Gasteiger partial charge in [0.1, 0.15) is 35.5 Å². The van der Waals surface area contributed by atoms with Gasteiger partial charge >= 0.3 is 5.97 Å². The van der Waals surface area contributed by atoms with Gasteiger partial charge in [-0.2, -0.15) is 0 Å². The van der Waals surface area contributed by atoms with Gasteiger partial charge in [-0.05, 0) is 61.8 Å². The number of pyridine rings is 1. The normalized spacial score (nSPS) is 22.2. The van der Waals surface area contributed by atoms with Gasteiger partial charge in [0.15, 0.2) is 0 Å². The molecule has 2 heterocycles. The number of carboxylic acids is 1. The third-order valence-corrected chi connectivity index (χ3v) is 9.56. The Balaban J connectivity index is 1.39. The molecule has 13 heteroatoms. The number of nitrogens with zero attached hydrogens (tertiary/aromatic N) is 2. The molecule has 1 aromatic heterocycles. The molecule has 1 unspecified atom stereocenters. The van der Waals surface area contributed by atoms with Crippen LogP contribution in [0.25, 0.3) is 10.9 Å². The molecule has 46 heavy (non-hydrogen) atoms. The maximum Gasteiger partial charge on any atom is 0.329 e. The van der Waals surface area contributed by atoms with Crippen LogP contribution in [0.15, 0.2) is 30.5 Å². The van der Waals surface area contributed by atoms with Crippen LogP contribution in [0.1, 0.15) is 72.1 Å². The first-order chi connectivity index (χ1) is 21.9. The molecule has 5 rings (SSSR count). The summed E-state index contributed by atoms with van der Waals surface area (Å²) in [4.78, 5) is 71.2. The molecule has 1 aromatic carbocycles. The first-order valence-electron chi connectivity index (χ1n) is 16.0. The number of fused-ring (bicyclic) bond motifs is 1. The van der Waals surface area contributed by atoms with Crippen LogP contribution in [0.2, 0.25) is 5.02 Å². The Hall–Kier alpha value is -3.93. The number of likely N-dealkylation sites (tertiary alicyclic amines) is 1. The zero-order valence-electron chi connectivity index (χ0n) is 26.4. The first kappa shape index (κ1) is 33.4. The van der Waals surface area contributed by atoms with Crippen molar-refractivity contribution in [2.24, 2.45) is 11.8 Å². The number of carbonyl (C=O) groups excluding carboxylic acids is 4. The molecule has 4 amide bonds. The quantitative estimate of drug-likeness (QED) is 0.286. The molecule has 1 aliphatic heterocycles. The first-order valence-corrected chi connectivity index (χ1v) is 16.4. The molecule has 248 valence electrons. The number of halogens is 1. The molecule has 1 saturated heterocycles. The lowest BCUT2D eigenvalue weighted by atomic mass is 9.83. The molecule has 0 spiro atoms. The fraction of sp³-hybridized carbons (Fsp3) is 0.576. The lowest BCUT2D eigenvalue weighted by Gasteiger charge is -2.34. The minimum absolute atomic E-state index is 0.0330. The number of nitrogens with one attached hydrogen (secondary N) is 3. The van der Waals surface area contributed by atoms with Crippen LogP contribution in [-0.4, -0.2) is 80.9 Å². The average Bonchev–Trinajstić information content (AvgIpc) is 3.68. The summed E-state index contributed by atoms with van der Waals surface area (Å²) in [5.41, 5.74) is -0.723. The Morgan fingerprint density at radius 3 is 2.41 bits per heavy atom. The molecule has 0 radical (unpaired) electrons. The van der Waals surface area contributed by atoms with E-state index >= 15 is 0 Å². The highest BCUT2D eigenvalue weighted by Crippen LogP contribution is 2.37. The fourth-order valence-corrected chi connectivity index (χ4v) is 6.77. The topological polar surface area (TPSA) is 167 Å². The van der Waals surface area contributed by atoms with Crippen molar-refractivity contribution in [3.8, 4) is 5.75 Å². The Morgan fingerprint density at radius 1 is 1.07 bits per heavy atom. The van der Waals surface area contributed by atoms with E-state index in [0.717, 1.165) is 32.1 Å². The molecule has 0 bridgehead atoms. The largest absolute Gasteiger partial charge is 0.488 e. The molecule has 4 atom stereocenters. The van der Waals surface area contributed by atoms with Gasteiger partial charge in [-0.25, -0.2) is 4.79 Å². The molecule has 4 N–H and O–H groups in total. The summed E-state index contributed by atoms with van der Waals surface area (Å²) in [7, 11) is 0. The van der Waals surface area contributed by atoms with Gasteiger partial charge in [-0.15, -0.1) is 0 Å². The summed E-state index contributed by atoms with van der Waals surface area (Å²) in [5.74, 6) is -2.84. The number of carbonyl (C=O) groups is 5. The number of hydrogen-bond donors (Lipinski definition) is 4. The van der Waals surface area contributed by atoms with Crippen molar-refractivity contribution >= 4 is 52.1 Å². The second-order valence-electron chi connectivity index (χ2n) is 13.1. The van der Waals surface area contributed by atoms with Crippen LogP contribution in [0.4, 0.5) is 0 Å². The Kier molecular flexibility index (Phi) is 10.0. The molecule has 3 fully saturated rings. The number of benzene rings is 1. The predicted octanol–water partition coefficient (Wildman–Crippen LogP) is 3.20. The zero-order valence-corrected chi connectivity index (χ0v) is 27.1. The van der Waals surface area contributed by atoms with Gasteiger partial charge in [0.05, 0.1) is 12.1 Å². The number of rotatable bonds is 11. The lowest BCUT2D eigenvalue weighted by molar-refractivity contribution is -0.146. The summed E-state index contributed by atoms with van der Waals surface area (Å²) < 4.78 is 6.36. The fourth-order valence-electron chi connectivity index (χ4n) is 6.61. The summed E-state index contributed by atoms with van der Waals surface area (Å²) in [6.45, 7) is 5.00. The minimum atomic E-state index is -1.34. The van der Waals surface area contributed by atoms with Crippen LogP contribution in [0.3, 0.4) is 0 Å². The van der Waals surface area contributed by atoms with E-state index in [4.69, 9.17) is 16.3 Å². The molecule has 2 saturated carbocycles. The van der Waals surface area contributed by atoms with E-state index in [0.29, 0.717) is 34.5 Å². The minimum Gasteiger partial charge on any atom is -0.488 e. The van der Waals surface area contributed by atoms with Crippen molar-refractivity contribution in [2.75, 3.05) is 6.54 Å². The van der Waals surface area contributed by atoms with Crippen molar-refractivity contribution in [3.63, 3.8) is 0 Å². The number of aromatic nitrogens is 1. The second kappa shape index (κ2) is 13.8. The van der Waals surface area contributed by atoms with Crippen LogP contribution in [0.5, 0.6) is 5.75 Å². The van der Waals surface area contributed by atoms with E-state index in [1.54, 1.807) is 44.3 Å². The predicted molar refractivity (Wildman–Crippen MR) is 170 cm³/mol. The molecule has 3 aliphatic rings. The third-order valence-electron chi connectivity index (χ3n) is 9.32. The molecular weight excluding hydrogens is 614 g/mol. The third kappa shape index (κ3) is 7.37. The summed E-state index contributed by atoms with van der Waals surface area (Å²) >= 11 is 6.15. The summed E-state index contributed by atoms with van der Waals surface area (Å²) in [5, 5.41) is 19.3. The van der Waals surface area contributed by atoms with E-state index in [1.165, 1.54) is 11.8 Å². The van der Waals surface area contributed by atoms with E-state index < -0.39 is 53.5 Å². The Bertz CT molecular complexity index is 1510. The second-order valence-corrected chi connectivity index (χ2v) is 13.6. The lowest BCUT2D eigenvalue weighted by Crippen LogP contribution is -2.60. The van der Waals surface area contributed by atoms with Crippen molar-refractivity contribution in [1.29, 1.82) is 0 Å². The molecule has 12 nitrogen and oxygen atoms in total. The van der Waals surface area contributed by atoms with Gasteiger partial charge in [0, 0.05) is 30.0 Å². The van der Waals surface area contributed by atoms with Crippen molar-refractivity contribution in [1.82, 2.24) is 25.8 Å². The van der Waals surface area contributed by atoms with E-state index in [-0.39, 0.29) is 30.7 Å². The molecule has 2 aliphatic carbocycles. The van der Waals surface area contributed by atoms with Crippen LogP contribution in [0, 0.1) is 11.8 Å². The average molecular weight is 656 g/mol. The van der Waals surface area contributed by atoms with Crippen LogP contribution in [-0.2, 0) is 24.0 Å². The summed E-state index contributed by atoms with van der Waals surface area (Å²) in [6, 6.07) is 4.11. The maximum absolute atomic E-state index is 14.3. The van der Waals surface area contributed by atoms with Crippen molar-refractivity contribution < 1.29 is 33.8 Å². The molecular formula is C33H42ClN5O7. The smallest absolute Gasteiger partial charge is 0.329 e. The van der Waals surface area contributed by atoms with Gasteiger partial charge in [0.25, 0.3) is 0 Å². The van der Waals surface area contributed by atoms with E-state index in [1.807, 2.05) is 0 Å². The SMILES string of the molecule is CC(=O)N[C@H](C(=O)N[C@H](C(=O)N1C[C@H](Oc2ccnc3cc(Cl)ccc23)CC1C(=O)NC1(C(=O)O)CC1)C(C)C)C1CCCCC1. The van der Waals surface area contributed by atoms with Crippen LogP contribution < -0.4 is 20.7 Å². The highest BCUT2D eigenvalue weighted by molar-refractivity contribution is 6.31. The highest BCUT2D eigenvalue weighted by atomic mass is 35.5. The number of hydrogen-bond acceptors (Lipinski definition) is 7. The number of aliphatic carboxylic acids is 1. The van der Waals surface area contributed by atoms with Crippen molar-refractivity contribution in [2.45, 2.75) is 102 Å². The van der Waals surface area contributed by atoms with Gasteiger partial charge < -0.3 is 30.7 Å². The summed E-state index contributed by atoms with van der Waals surface area (Å²) in [6.07, 6.45) is 6.29. The Labute approximate surface area is 273 Å². The van der Waals surface area contributed by atoms with Gasteiger partial charge in [0.2, 0.25) is 23.6 Å². The Morgan fingerprint density at radius 2 is 1.78 bits per heavy atom. The highest BCUT2D eigenvalue weighted by Gasteiger charge is 2.54. The maximum atomic E-state index is 14.3. The van der Waals surface area contributed by atoms with E-state index in [9.17, 15) is 29.1 Å². The number of ether oxygens (including phenoxy) is 1. The van der Waals surface area contributed by atoms with Crippen molar-refractivity contribution in [3.05, 3.63) is 35.5 Å². The molecule has 2 aromatic rings. The van der Waals surface area contributed by atoms with Gasteiger partial charge in [-0.3, -0.25) is 24.2 Å².